The number of hydrogen-bond acceptors (Lipinski definition) is 5. The molecule has 0 saturated heterocycles. The van der Waals surface area contributed by atoms with E-state index in [0.29, 0.717) is 23.5 Å². The molecule has 0 fully saturated rings. The summed E-state index contributed by atoms with van der Waals surface area (Å²) in [5.41, 5.74) is 1.24. The lowest BCUT2D eigenvalue weighted by Crippen LogP contribution is -2.33. The first-order valence-electron chi connectivity index (χ1n) is 8.77. The number of rotatable bonds is 5. The standard InChI is InChI=1S/C19H20N4O5S/c1-11(2)10-23-17(24)15-8-5-13(9-16(15)18(23)25)22-19(26)21-12-3-6-14(7-4-12)29(20,27)28/h3-9,11H,10H2,1-2H3,(H2,20,27,28)(H2,21,22,26). The van der Waals surface area contributed by atoms with Crippen molar-refractivity contribution in [1.82, 2.24) is 4.90 Å². The van der Waals surface area contributed by atoms with Crippen LogP contribution in [0.2, 0.25) is 0 Å². The molecule has 2 aromatic carbocycles. The quantitative estimate of drug-likeness (QED) is 0.642. The number of carbonyl (C=O) groups is 3. The van der Waals surface area contributed by atoms with Gasteiger partial charge in [0.1, 0.15) is 0 Å². The molecule has 0 atom stereocenters. The topological polar surface area (TPSA) is 139 Å². The number of urea groups is 1. The van der Waals surface area contributed by atoms with Crippen molar-refractivity contribution in [2.24, 2.45) is 11.1 Å². The summed E-state index contributed by atoms with van der Waals surface area (Å²) in [6, 6.07) is 9.24. The van der Waals surface area contributed by atoms with Gasteiger partial charge < -0.3 is 10.6 Å². The van der Waals surface area contributed by atoms with Gasteiger partial charge in [-0.2, -0.15) is 0 Å². The minimum absolute atomic E-state index is 0.0730. The van der Waals surface area contributed by atoms with E-state index >= 15 is 0 Å². The molecule has 3 rings (SSSR count). The van der Waals surface area contributed by atoms with Gasteiger partial charge in [-0.3, -0.25) is 14.5 Å². The van der Waals surface area contributed by atoms with Crippen LogP contribution in [0, 0.1) is 5.92 Å². The molecule has 9 nitrogen and oxygen atoms in total. The van der Waals surface area contributed by atoms with Crippen LogP contribution in [0.5, 0.6) is 0 Å². The highest BCUT2D eigenvalue weighted by molar-refractivity contribution is 7.89. The van der Waals surface area contributed by atoms with Crippen molar-refractivity contribution in [2.45, 2.75) is 18.7 Å². The van der Waals surface area contributed by atoms with Crippen molar-refractivity contribution in [3.8, 4) is 0 Å². The van der Waals surface area contributed by atoms with Gasteiger partial charge >= 0.3 is 6.03 Å². The first kappa shape index (κ1) is 20.5. The Labute approximate surface area is 167 Å². The number of nitrogens with two attached hydrogens (primary N) is 1. The zero-order valence-electron chi connectivity index (χ0n) is 15.8. The van der Waals surface area contributed by atoms with Crippen LogP contribution in [0.3, 0.4) is 0 Å². The van der Waals surface area contributed by atoms with E-state index in [1.165, 1.54) is 47.4 Å². The maximum atomic E-state index is 12.5. The van der Waals surface area contributed by atoms with Gasteiger partial charge in [-0.15, -0.1) is 0 Å². The summed E-state index contributed by atoms with van der Waals surface area (Å²) >= 11 is 0. The summed E-state index contributed by atoms with van der Waals surface area (Å²) in [6.07, 6.45) is 0. The molecule has 152 valence electrons. The van der Waals surface area contributed by atoms with Crippen LogP contribution < -0.4 is 15.8 Å². The predicted molar refractivity (Wildman–Crippen MR) is 107 cm³/mol. The number of imide groups is 1. The summed E-state index contributed by atoms with van der Waals surface area (Å²) in [5, 5.41) is 10.2. The second-order valence-corrected chi connectivity index (χ2v) is 8.59. The molecular weight excluding hydrogens is 396 g/mol. The van der Waals surface area contributed by atoms with E-state index in [1.807, 2.05) is 13.8 Å². The third kappa shape index (κ3) is 4.44. The molecular formula is C19H20N4O5S. The number of primary sulfonamides is 1. The molecule has 1 heterocycles. The fourth-order valence-electron chi connectivity index (χ4n) is 2.92. The van der Waals surface area contributed by atoms with E-state index in [-0.39, 0.29) is 28.2 Å². The second kappa shape index (κ2) is 7.64. The van der Waals surface area contributed by atoms with E-state index in [2.05, 4.69) is 10.6 Å². The molecule has 0 spiro atoms. The van der Waals surface area contributed by atoms with Crippen LogP contribution >= 0.6 is 0 Å². The lowest BCUT2D eigenvalue weighted by Gasteiger charge is -2.15. The van der Waals surface area contributed by atoms with Gasteiger partial charge in [-0.25, -0.2) is 18.4 Å². The molecule has 0 unspecified atom stereocenters. The van der Waals surface area contributed by atoms with Crippen LogP contribution in [-0.2, 0) is 10.0 Å². The van der Waals surface area contributed by atoms with Crippen molar-refractivity contribution in [2.75, 3.05) is 17.2 Å². The Balaban J connectivity index is 1.71. The maximum Gasteiger partial charge on any atom is 0.323 e. The number of anilines is 2. The Hall–Kier alpha value is -3.24. The first-order valence-corrected chi connectivity index (χ1v) is 10.3. The summed E-state index contributed by atoms with van der Waals surface area (Å²) in [4.78, 5) is 38.2. The zero-order valence-corrected chi connectivity index (χ0v) is 16.6. The van der Waals surface area contributed by atoms with Crippen molar-refractivity contribution in [3.05, 3.63) is 53.6 Å². The van der Waals surface area contributed by atoms with Crippen LogP contribution in [0.1, 0.15) is 34.6 Å². The Kier molecular flexibility index (Phi) is 5.40. The SMILES string of the molecule is CC(C)CN1C(=O)c2ccc(NC(=O)Nc3ccc(S(N)(=O)=O)cc3)cc2C1=O. The molecule has 0 bridgehead atoms. The zero-order chi connectivity index (χ0) is 21.3. The second-order valence-electron chi connectivity index (χ2n) is 7.02. The minimum atomic E-state index is -3.82. The van der Waals surface area contributed by atoms with Gasteiger partial charge in [-0.1, -0.05) is 13.8 Å². The van der Waals surface area contributed by atoms with E-state index in [4.69, 9.17) is 5.14 Å². The maximum absolute atomic E-state index is 12.5. The van der Waals surface area contributed by atoms with Crippen molar-refractivity contribution in [1.29, 1.82) is 0 Å². The Morgan fingerprint density at radius 1 is 0.966 bits per heavy atom. The molecule has 2 aromatic rings. The fraction of sp³-hybridized carbons (Fsp3) is 0.211. The van der Waals surface area contributed by atoms with Gasteiger partial charge in [0, 0.05) is 17.9 Å². The number of carbonyl (C=O) groups excluding carboxylic acids is 3. The van der Waals surface area contributed by atoms with Crippen LogP contribution in [0.25, 0.3) is 0 Å². The lowest BCUT2D eigenvalue weighted by molar-refractivity contribution is 0.0636. The number of nitrogens with one attached hydrogen (secondary N) is 2. The molecule has 1 aliphatic rings. The summed E-state index contributed by atoms with van der Waals surface area (Å²) in [7, 11) is -3.82. The number of nitrogens with zero attached hydrogens (tertiary/aromatic N) is 1. The van der Waals surface area contributed by atoms with Gasteiger partial charge in [0.2, 0.25) is 10.0 Å². The number of fused-ring (bicyclic) bond motifs is 1. The molecule has 0 aliphatic carbocycles. The molecule has 0 radical (unpaired) electrons. The van der Waals surface area contributed by atoms with Crippen molar-refractivity contribution < 1.29 is 22.8 Å². The Morgan fingerprint density at radius 2 is 1.52 bits per heavy atom. The summed E-state index contributed by atoms with van der Waals surface area (Å²) < 4.78 is 22.5. The van der Waals surface area contributed by atoms with Crippen molar-refractivity contribution >= 4 is 39.2 Å². The largest absolute Gasteiger partial charge is 0.323 e. The van der Waals surface area contributed by atoms with E-state index in [9.17, 15) is 22.8 Å². The van der Waals surface area contributed by atoms with Crippen LogP contribution in [0.4, 0.5) is 16.2 Å². The number of hydrogen-bond donors (Lipinski definition) is 3. The lowest BCUT2D eigenvalue weighted by atomic mass is 10.1. The van der Waals surface area contributed by atoms with E-state index in [0.717, 1.165) is 0 Å². The van der Waals surface area contributed by atoms with Gasteiger partial charge in [0.05, 0.1) is 16.0 Å². The highest BCUT2D eigenvalue weighted by Gasteiger charge is 2.35. The molecule has 1 aliphatic heterocycles. The minimum Gasteiger partial charge on any atom is -0.308 e. The summed E-state index contributed by atoms with van der Waals surface area (Å²) in [5.74, 6) is -0.591. The smallest absolute Gasteiger partial charge is 0.308 e. The average Bonchev–Trinajstić information content (AvgIpc) is 2.85. The number of benzene rings is 2. The predicted octanol–water partition coefficient (Wildman–Crippen LogP) is 2.23. The third-order valence-electron chi connectivity index (χ3n) is 4.22. The van der Waals surface area contributed by atoms with E-state index in [1.54, 1.807) is 0 Å². The van der Waals surface area contributed by atoms with Crippen LogP contribution in [0.15, 0.2) is 47.4 Å². The summed E-state index contributed by atoms with van der Waals surface area (Å²) in [6.45, 7) is 4.15. The molecule has 0 saturated carbocycles. The normalized spacial score (nSPS) is 13.6. The molecule has 4 amide bonds. The van der Waals surface area contributed by atoms with Gasteiger partial charge in [-0.05, 0) is 48.4 Å². The van der Waals surface area contributed by atoms with Gasteiger partial charge in [0.25, 0.3) is 11.8 Å². The molecule has 10 heteroatoms. The molecule has 4 N–H and O–H groups in total. The monoisotopic (exact) mass is 416 g/mol. The third-order valence-corrected chi connectivity index (χ3v) is 5.15. The highest BCUT2D eigenvalue weighted by atomic mass is 32.2. The van der Waals surface area contributed by atoms with Crippen LogP contribution in [-0.4, -0.2) is 37.7 Å². The average molecular weight is 416 g/mol. The first-order chi connectivity index (χ1) is 13.6. The Bertz CT molecular complexity index is 1090. The van der Waals surface area contributed by atoms with E-state index < -0.39 is 16.1 Å². The molecule has 0 aromatic heterocycles. The van der Waals surface area contributed by atoms with Gasteiger partial charge in [0.15, 0.2) is 0 Å². The number of amides is 4. The van der Waals surface area contributed by atoms with Crippen molar-refractivity contribution in [3.63, 3.8) is 0 Å². The highest BCUT2D eigenvalue weighted by Crippen LogP contribution is 2.26. The molecule has 29 heavy (non-hydrogen) atoms. The fourth-order valence-corrected chi connectivity index (χ4v) is 3.44. The number of sulfonamides is 1. The Morgan fingerprint density at radius 3 is 2.10 bits per heavy atom.